The first-order valence-electron chi connectivity index (χ1n) is 18.6. The smallest absolute Gasteiger partial charge is 0.341 e. The van der Waals surface area contributed by atoms with Crippen LogP contribution in [0, 0.1) is 11.7 Å². The van der Waals surface area contributed by atoms with Crippen LogP contribution in [-0.2, 0) is 16.3 Å². The lowest BCUT2D eigenvalue weighted by Crippen LogP contribution is -2.51. The summed E-state index contributed by atoms with van der Waals surface area (Å²) >= 11 is 6.43. The van der Waals surface area contributed by atoms with E-state index in [0.717, 1.165) is 31.7 Å². The van der Waals surface area contributed by atoms with Gasteiger partial charge in [-0.15, -0.1) is 0 Å². The number of nitrogens with one attached hydrogen (secondary N) is 1. The summed E-state index contributed by atoms with van der Waals surface area (Å²) in [4.78, 5) is 74.0. The number of carboxylic acids is 1. The molecule has 0 bridgehead atoms. The van der Waals surface area contributed by atoms with Crippen LogP contribution < -0.4 is 25.5 Å². The van der Waals surface area contributed by atoms with E-state index in [4.69, 9.17) is 26.2 Å². The maximum absolute atomic E-state index is 16.3. The molecule has 296 valence electrons. The van der Waals surface area contributed by atoms with Gasteiger partial charge in [-0.05, 0) is 55.9 Å². The molecule has 3 N–H and O–H groups in total. The minimum atomic E-state index is -1.37. The fourth-order valence-electron chi connectivity index (χ4n) is 8.50. The summed E-state index contributed by atoms with van der Waals surface area (Å²) in [5, 5.41) is 19.2. The van der Waals surface area contributed by atoms with E-state index in [2.05, 4.69) is 24.8 Å². The highest BCUT2D eigenvalue weighted by Crippen LogP contribution is 2.46. The molecule has 17 nitrogen and oxygen atoms in total. The summed E-state index contributed by atoms with van der Waals surface area (Å²) in [5.41, 5.74) is 0.171. The lowest BCUT2D eigenvalue weighted by Gasteiger charge is -2.39. The number of halogens is 2. The number of carbonyl (C=O) groups is 2. The zero-order valence-electron chi connectivity index (χ0n) is 30.7. The normalized spacial score (nSPS) is 20.3. The second-order valence-corrected chi connectivity index (χ2v) is 15.1. The minimum absolute atomic E-state index is 0.0143. The number of methoxy groups -OCH3 is 1. The van der Waals surface area contributed by atoms with Crippen molar-refractivity contribution in [2.45, 2.75) is 44.5 Å². The molecule has 57 heavy (non-hydrogen) atoms. The highest BCUT2D eigenvalue weighted by molar-refractivity contribution is 6.55. The SMILES string of the molecule is COc1c(N2C[C@@H]3CCCN(CN4C(=O)/C(=N\c5nc6c(ncn6COCCO)c(=O)[nH]5)c5cc(Cl)ccc54)[C@@H]3C2)c(F)cc2c(=O)c(C(=O)O)cn(C3CC3)c12. The van der Waals surface area contributed by atoms with E-state index in [1.165, 1.54) is 24.2 Å². The number of piperidine rings is 1. The standard InChI is InChI=1S/C38H37ClFN9O8/c1-56-33-30-23(32(51)24(37(54)55)14-48(30)21-5-6-21)12-25(40)31(33)46-13-19-3-2-8-45(27(19)15-46)17-49-26-7-4-20(39)11-22(26)28(36(49)53)42-38-43-34-29(35(52)44-38)41-16-47(34)18-57-10-9-50/h4,7,11-12,14,16,19,21,27,50H,2-3,5-6,8-10,13,15,17-18H2,1H3,(H,54,55)(H,43,44,52)/b42-28-/t19-,27+/m0/s1. The van der Waals surface area contributed by atoms with Gasteiger partial charge in [-0.1, -0.05) is 11.6 Å². The number of nitrogens with zero attached hydrogens (tertiary/aromatic N) is 8. The van der Waals surface area contributed by atoms with Crippen molar-refractivity contribution in [1.29, 1.82) is 0 Å². The van der Waals surface area contributed by atoms with Crippen LogP contribution in [0.3, 0.4) is 0 Å². The number of aromatic nitrogens is 5. The number of ether oxygens (including phenoxy) is 2. The number of anilines is 2. The van der Waals surface area contributed by atoms with Crippen LogP contribution in [0.15, 0.2) is 51.4 Å². The predicted octanol–water partition coefficient (Wildman–Crippen LogP) is 3.26. The highest BCUT2D eigenvalue weighted by Gasteiger charge is 2.44. The molecule has 0 unspecified atom stereocenters. The average Bonchev–Trinajstić information content (AvgIpc) is 3.73. The van der Waals surface area contributed by atoms with Crippen molar-refractivity contribution in [3.05, 3.63) is 79.3 Å². The van der Waals surface area contributed by atoms with Crippen LogP contribution in [0.4, 0.5) is 21.7 Å². The van der Waals surface area contributed by atoms with Crippen molar-refractivity contribution in [2.24, 2.45) is 10.9 Å². The molecule has 0 radical (unpaired) electrons. The second-order valence-electron chi connectivity index (χ2n) is 14.7. The van der Waals surface area contributed by atoms with E-state index < -0.39 is 34.2 Å². The molecule has 3 aliphatic heterocycles. The van der Waals surface area contributed by atoms with E-state index in [1.807, 2.05) is 4.90 Å². The van der Waals surface area contributed by atoms with Crippen molar-refractivity contribution in [3.63, 3.8) is 0 Å². The molecule has 9 rings (SSSR count). The van der Waals surface area contributed by atoms with Gasteiger partial charge in [-0.3, -0.25) is 33.7 Å². The van der Waals surface area contributed by atoms with E-state index in [0.29, 0.717) is 41.4 Å². The summed E-state index contributed by atoms with van der Waals surface area (Å²) in [7, 11) is 1.42. The van der Waals surface area contributed by atoms with Crippen LogP contribution in [0.5, 0.6) is 5.75 Å². The van der Waals surface area contributed by atoms with Crippen molar-refractivity contribution in [2.75, 3.05) is 56.4 Å². The Morgan fingerprint density at radius 1 is 1.16 bits per heavy atom. The van der Waals surface area contributed by atoms with Crippen molar-refractivity contribution < 1.29 is 33.7 Å². The lowest BCUT2D eigenvalue weighted by atomic mass is 9.92. The molecule has 2 saturated heterocycles. The number of hydrogen-bond acceptors (Lipinski definition) is 12. The van der Waals surface area contributed by atoms with Gasteiger partial charge in [0.25, 0.3) is 11.5 Å². The molecule has 0 spiro atoms. The third-order valence-electron chi connectivity index (χ3n) is 11.2. The van der Waals surface area contributed by atoms with Gasteiger partial charge in [-0.25, -0.2) is 19.2 Å². The van der Waals surface area contributed by atoms with Gasteiger partial charge in [0.1, 0.15) is 23.7 Å². The van der Waals surface area contributed by atoms with Gasteiger partial charge in [0, 0.05) is 48.5 Å². The third-order valence-corrected chi connectivity index (χ3v) is 11.4. The molecule has 3 fully saturated rings. The Morgan fingerprint density at radius 2 is 1.98 bits per heavy atom. The molecule has 1 saturated carbocycles. The summed E-state index contributed by atoms with van der Waals surface area (Å²) in [6, 6.07) is 6.09. The number of pyridine rings is 1. The first-order valence-corrected chi connectivity index (χ1v) is 19.0. The van der Waals surface area contributed by atoms with Crippen LogP contribution in [0.2, 0.25) is 5.02 Å². The fourth-order valence-corrected chi connectivity index (χ4v) is 8.67. The predicted molar refractivity (Wildman–Crippen MR) is 207 cm³/mol. The number of fused-ring (bicyclic) bond motifs is 4. The number of aromatic carboxylic acids is 1. The van der Waals surface area contributed by atoms with Gasteiger partial charge in [0.15, 0.2) is 22.7 Å². The second kappa shape index (κ2) is 14.4. The number of carbonyl (C=O) groups excluding carboxylic acids is 1. The minimum Gasteiger partial charge on any atom is -0.492 e. The summed E-state index contributed by atoms with van der Waals surface area (Å²) in [6.07, 6.45) is 6.03. The zero-order chi connectivity index (χ0) is 39.7. The Balaban J connectivity index is 1.03. The van der Waals surface area contributed by atoms with Crippen LogP contribution in [0.25, 0.3) is 22.1 Å². The monoisotopic (exact) mass is 801 g/mol. The molecule has 19 heteroatoms. The number of rotatable bonds is 11. The molecule has 6 heterocycles. The number of aliphatic imine (C=N–C) groups is 1. The number of benzene rings is 2. The van der Waals surface area contributed by atoms with Gasteiger partial charge < -0.3 is 29.2 Å². The number of imidazole rings is 1. The number of aromatic amines is 1. The number of carboxylic acid groups (broad SMARTS) is 1. The molecule has 3 aromatic heterocycles. The number of aliphatic hydroxyl groups is 1. The van der Waals surface area contributed by atoms with Gasteiger partial charge in [0.05, 0.1) is 49.9 Å². The molecule has 5 aromatic rings. The largest absolute Gasteiger partial charge is 0.492 e. The maximum atomic E-state index is 16.3. The van der Waals surface area contributed by atoms with Crippen LogP contribution in [-0.4, -0.2) is 109 Å². The number of amides is 1. The quantitative estimate of drug-likeness (QED) is 0.165. The zero-order valence-corrected chi connectivity index (χ0v) is 31.4. The Bertz CT molecular complexity index is 2640. The molecule has 2 atom stereocenters. The summed E-state index contributed by atoms with van der Waals surface area (Å²) in [5.74, 6) is -2.30. The first kappa shape index (κ1) is 36.9. The van der Waals surface area contributed by atoms with E-state index >= 15 is 4.39 Å². The van der Waals surface area contributed by atoms with Crippen LogP contribution >= 0.6 is 11.6 Å². The Hall–Kier alpha value is -5.69. The number of aliphatic hydroxyl groups excluding tert-OH is 1. The third kappa shape index (κ3) is 6.32. The molecule has 4 aliphatic rings. The molecule has 1 aliphatic carbocycles. The summed E-state index contributed by atoms with van der Waals surface area (Å²) in [6.45, 7) is 1.63. The fraction of sp³-hybridized carbons (Fsp3) is 0.395. The van der Waals surface area contributed by atoms with Crippen LogP contribution in [0.1, 0.15) is 47.6 Å². The maximum Gasteiger partial charge on any atom is 0.341 e. The van der Waals surface area contributed by atoms with Crippen molar-refractivity contribution >= 4 is 68.6 Å². The number of hydrogen-bond donors (Lipinski definition) is 3. The van der Waals surface area contributed by atoms with Crippen molar-refractivity contribution in [3.8, 4) is 5.75 Å². The first-order chi connectivity index (χ1) is 27.6. The Kier molecular flexibility index (Phi) is 9.30. The Morgan fingerprint density at radius 3 is 2.74 bits per heavy atom. The molecular formula is C38H37ClFN9O8. The highest BCUT2D eigenvalue weighted by atomic mass is 35.5. The van der Waals surface area contributed by atoms with E-state index in [9.17, 15) is 24.3 Å². The van der Waals surface area contributed by atoms with E-state index in [1.54, 1.807) is 27.7 Å². The van der Waals surface area contributed by atoms with Gasteiger partial charge in [-0.2, -0.15) is 4.98 Å². The molecule has 1 amide bonds. The van der Waals surface area contributed by atoms with Gasteiger partial charge >= 0.3 is 5.97 Å². The average molecular weight is 802 g/mol. The number of H-pyrrole nitrogens is 1. The Labute approximate surface area is 327 Å². The molecular weight excluding hydrogens is 765 g/mol. The lowest BCUT2D eigenvalue weighted by molar-refractivity contribution is -0.112. The topological polar surface area (TPSA) is 201 Å². The molecule has 2 aromatic carbocycles. The van der Waals surface area contributed by atoms with E-state index in [-0.39, 0.29) is 84.3 Å². The van der Waals surface area contributed by atoms with Crippen molar-refractivity contribution in [1.82, 2.24) is 29.0 Å². The summed E-state index contributed by atoms with van der Waals surface area (Å²) < 4.78 is 30.8. The van der Waals surface area contributed by atoms with Gasteiger partial charge in [0.2, 0.25) is 11.4 Å². The number of likely N-dealkylation sites (tertiary alicyclic amines) is 1.